The summed E-state index contributed by atoms with van der Waals surface area (Å²) in [6.07, 6.45) is 2.15. The smallest absolute Gasteiger partial charge is 0.224 e. The number of amides is 1. The number of aromatic nitrogens is 5. The van der Waals surface area contributed by atoms with Gasteiger partial charge < -0.3 is 9.73 Å². The van der Waals surface area contributed by atoms with Crippen molar-refractivity contribution in [2.75, 3.05) is 5.32 Å². The van der Waals surface area contributed by atoms with Gasteiger partial charge in [-0.15, -0.1) is 5.10 Å². The predicted octanol–water partition coefficient (Wildman–Crippen LogP) is 4.56. The van der Waals surface area contributed by atoms with E-state index in [1.54, 1.807) is 16.8 Å². The maximum Gasteiger partial charge on any atom is 0.224 e. The van der Waals surface area contributed by atoms with Crippen LogP contribution in [0.15, 0.2) is 95.7 Å². The van der Waals surface area contributed by atoms with Crippen molar-refractivity contribution < 1.29 is 9.21 Å². The third-order valence-corrected chi connectivity index (χ3v) is 5.09. The van der Waals surface area contributed by atoms with Gasteiger partial charge >= 0.3 is 0 Å². The minimum atomic E-state index is -0.120. The maximum absolute atomic E-state index is 12.5. The molecule has 0 radical (unpaired) electrons. The summed E-state index contributed by atoms with van der Waals surface area (Å²) >= 11 is 0. The number of tetrazole rings is 1. The summed E-state index contributed by atoms with van der Waals surface area (Å²) in [7, 11) is 0. The average molecular weight is 436 g/mol. The molecule has 0 atom stereocenters. The molecular formula is C25H20N6O2. The average Bonchev–Trinajstić information content (AvgIpc) is 3.55. The molecule has 0 aliphatic carbocycles. The first-order chi connectivity index (χ1) is 16.3. The molecule has 0 spiro atoms. The van der Waals surface area contributed by atoms with Crippen LogP contribution in [0.2, 0.25) is 0 Å². The number of rotatable bonds is 7. The molecule has 5 rings (SSSR count). The van der Waals surface area contributed by atoms with Gasteiger partial charge in [-0.1, -0.05) is 60.7 Å². The van der Waals surface area contributed by atoms with Crippen molar-refractivity contribution in [1.29, 1.82) is 0 Å². The van der Waals surface area contributed by atoms with Crippen LogP contribution in [0.3, 0.4) is 0 Å². The monoisotopic (exact) mass is 436 g/mol. The summed E-state index contributed by atoms with van der Waals surface area (Å²) in [5, 5.41) is 14.0. The minimum absolute atomic E-state index is 0.120. The van der Waals surface area contributed by atoms with Crippen molar-refractivity contribution in [2.45, 2.75) is 12.8 Å². The first-order valence-corrected chi connectivity index (χ1v) is 10.5. The van der Waals surface area contributed by atoms with E-state index in [1.807, 2.05) is 72.8 Å². The molecule has 0 aliphatic rings. The third-order valence-electron chi connectivity index (χ3n) is 5.09. The Labute approximate surface area is 189 Å². The van der Waals surface area contributed by atoms with Crippen LogP contribution in [0.25, 0.3) is 28.3 Å². The van der Waals surface area contributed by atoms with Crippen molar-refractivity contribution >= 4 is 11.6 Å². The molecule has 3 aromatic carbocycles. The summed E-state index contributed by atoms with van der Waals surface area (Å²) in [6.45, 7) is 0. The van der Waals surface area contributed by atoms with Gasteiger partial charge in [0.25, 0.3) is 0 Å². The Hall–Kier alpha value is -4.59. The van der Waals surface area contributed by atoms with E-state index in [9.17, 15) is 4.79 Å². The zero-order valence-corrected chi connectivity index (χ0v) is 17.6. The molecule has 0 aliphatic heterocycles. The Morgan fingerprint density at radius 3 is 2.24 bits per heavy atom. The van der Waals surface area contributed by atoms with Crippen LogP contribution in [-0.2, 0) is 11.2 Å². The van der Waals surface area contributed by atoms with Crippen LogP contribution < -0.4 is 5.32 Å². The highest BCUT2D eigenvalue weighted by Gasteiger charge is 2.17. The lowest BCUT2D eigenvalue weighted by Crippen LogP contribution is -2.12. The van der Waals surface area contributed by atoms with Crippen LogP contribution in [-0.4, -0.2) is 31.1 Å². The normalized spacial score (nSPS) is 10.8. The third kappa shape index (κ3) is 4.69. The highest BCUT2D eigenvalue weighted by atomic mass is 16.4. The highest BCUT2D eigenvalue weighted by molar-refractivity contribution is 5.90. The van der Waals surface area contributed by atoms with Gasteiger partial charge in [0.15, 0.2) is 11.7 Å². The van der Waals surface area contributed by atoms with E-state index in [0.29, 0.717) is 23.8 Å². The molecule has 33 heavy (non-hydrogen) atoms. The standard InChI is InChI=1S/C25H20N6O2/c32-22(27-20-11-13-21(14-12-20)31-17-26-29-30-31)15-16-23-28-24(18-7-3-1-4-8-18)25(33-23)19-9-5-2-6-10-19/h1-14,17H,15-16H2,(H,27,32). The SMILES string of the molecule is O=C(CCc1nc(-c2ccccc2)c(-c2ccccc2)o1)Nc1ccc(-n2cnnn2)cc1. The first kappa shape index (κ1) is 20.3. The van der Waals surface area contributed by atoms with Gasteiger partial charge in [0.1, 0.15) is 12.0 Å². The molecule has 0 fully saturated rings. The van der Waals surface area contributed by atoms with E-state index < -0.39 is 0 Å². The molecule has 162 valence electrons. The van der Waals surface area contributed by atoms with Crippen molar-refractivity contribution in [3.63, 3.8) is 0 Å². The molecular weight excluding hydrogens is 416 g/mol. The van der Waals surface area contributed by atoms with Gasteiger partial charge in [0.2, 0.25) is 5.91 Å². The second-order valence-corrected chi connectivity index (χ2v) is 7.37. The van der Waals surface area contributed by atoms with E-state index in [4.69, 9.17) is 9.40 Å². The van der Waals surface area contributed by atoms with Gasteiger partial charge in [-0.05, 0) is 34.7 Å². The quantitative estimate of drug-likeness (QED) is 0.402. The fraction of sp³-hybridized carbons (Fsp3) is 0.0800. The largest absolute Gasteiger partial charge is 0.440 e. The number of benzene rings is 3. The maximum atomic E-state index is 12.5. The van der Waals surface area contributed by atoms with Crippen LogP contribution in [0.5, 0.6) is 0 Å². The van der Waals surface area contributed by atoms with Gasteiger partial charge in [-0.25, -0.2) is 9.67 Å². The van der Waals surface area contributed by atoms with E-state index >= 15 is 0 Å². The van der Waals surface area contributed by atoms with Gasteiger partial charge in [0.05, 0.1) is 5.69 Å². The van der Waals surface area contributed by atoms with Gasteiger partial charge in [0, 0.05) is 29.7 Å². The Kier molecular flexibility index (Phi) is 5.71. The van der Waals surface area contributed by atoms with Crippen LogP contribution in [0.4, 0.5) is 5.69 Å². The molecule has 0 unspecified atom stereocenters. The molecule has 8 heteroatoms. The Balaban J connectivity index is 1.28. The summed E-state index contributed by atoms with van der Waals surface area (Å²) in [5.74, 6) is 1.11. The Bertz CT molecular complexity index is 1270. The molecule has 2 aromatic heterocycles. The fourth-order valence-corrected chi connectivity index (χ4v) is 3.47. The number of nitrogens with zero attached hydrogens (tertiary/aromatic N) is 5. The number of hydrogen-bond acceptors (Lipinski definition) is 6. The van der Waals surface area contributed by atoms with Gasteiger partial charge in [-0.3, -0.25) is 4.79 Å². The minimum Gasteiger partial charge on any atom is -0.440 e. The number of oxazole rings is 1. The number of hydrogen-bond donors (Lipinski definition) is 1. The van der Waals surface area contributed by atoms with E-state index in [-0.39, 0.29) is 12.3 Å². The lowest BCUT2D eigenvalue weighted by molar-refractivity contribution is -0.116. The van der Waals surface area contributed by atoms with E-state index in [2.05, 4.69) is 20.8 Å². The zero-order valence-electron chi connectivity index (χ0n) is 17.6. The lowest BCUT2D eigenvalue weighted by atomic mass is 10.1. The molecule has 0 bridgehead atoms. The summed E-state index contributed by atoms with van der Waals surface area (Å²) in [4.78, 5) is 17.2. The summed E-state index contributed by atoms with van der Waals surface area (Å²) < 4.78 is 7.64. The molecule has 0 saturated carbocycles. The Morgan fingerprint density at radius 1 is 0.879 bits per heavy atom. The predicted molar refractivity (Wildman–Crippen MR) is 123 cm³/mol. The van der Waals surface area contributed by atoms with Gasteiger partial charge in [-0.2, -0.15) is 0 Å². The molecule has 8 nitrogen and oxygen atoms in total. The Morgan fingerprint density at radius 2 is 1.58 bits per heavy atom. The van der Waals surface area contributed by atoms with Crippen LogP contribution >= 0.6 is 0 Å². The molecule has 5 aromatic rings. The molecule has 0 saturated heterocycles. The number of nitrogens with one attached hydrogen (secondary N) is 1. The van der Waals surface area contributed by atoms with E-state index in [1.165, 1.54) is 6.33 Å². The molecule has 1 N–H and O–H groups in total. The number of carbonyl (C=O) groups is 1. The summed E-state index contributed by atoms with van der Waals surface area (Å²) in [6, 6.07) is 27.0. The van der Waals surface area contributed by atoms with Crippen molar-refractivity contribution in [2.24, 2.45) is 0 Å². The van der Waals surface area contributed by atoms with Crippen LogP contribution in [0.1, 0.15) is 12.3 Å². The zero-order chi connectivity index (χ0) is 22.5. The number of aryl methyl sites for hydroxylation is 1. The van der Waals surface area contributed by atoms with Crippen molar-refractivity contribution in [1.82, 2.24) is 25.2 Å². The van der Waals surface area contributed by atoms with Crippen molar-refractivity contribution in [3.05, 3.63) is 97.1 Å². The fourth-order valence-electron chi connectivity index (χ4n) is 3.47. The lowest BCUT2D eigenvalue weighted by Gasteiger charge is -2.05. The van der Waals surface area contributed by atoms with Crippen molar-refractivity contribution in [3.8, 4) is 28.3 Å². The number of anilines is 1. The number of carbonyl (C=O) groups excluding carboxylic acids is 1. The second-order valence-electron chi connectivity index (χ2n) is 7.37. The molecule has 2 heterocycles. The highest BCUT2D eigenvalue weighted by Crippen LogP contribution is 2.32. The topological polar surface area (TPSA) is 98.7 Å². The van der Waals surface area contributed by atoms with E-state index in [0.717, 1.165) is 22.5 Å². The second kappa shape index (κ2) is 9.27. The molecule has 1 amide bonds. The first-order valence-electron chi connectivity index (χ1n) is 10.5. The van der Waals surface area contributed by atoms with Crippen LogP contribution in [0, 0.1) is 0 Å². The summed E-state index contributed by atoms with van der Waals surface area (Å²) in [5.41, 5.74) is 4.19.